The molecule has 1 heterocycles. The predicted molar refractivity (Wildman–Crippen MR) is 79.4 cm³/mol. The highest BCUT2D eigenvalue weighted by Crippen LogP contribution is 2.16. The monoisotopic (exact) mass is 322 g/mol. The van der Waals surface area contributed by atoms with Gasteiger partial charge in [-0.25, -0.2) is 13.1 Å². The summed E-state index contributed by atoms with van der Waals surface area (Å²) in [6, 6.07) is 0. The Kier molecular flexibility index (Phi) is 8.16. The molecule has 1 aliphatic rings. The first-order valence-corrected chi connectivity index (χ1v) is 9.22. The fraction of sp³-hybridized carbons (Fsp3) is 0.923. The zero-order valence-electron chi connectivity index (χ0n) is 12.8. The van der Waals surface area contributed by atoms with Crippen LogP contribution in [-0.2, 0) is 24.3 Å². The first kappa shape index (κ1) is 18.3. The molecule has 7 nitrogen and oxygen atoms in total. The Hall–Kier alpha value is -0.700. The van der Waals surface area contributed by atoms with Crippen LogP contribution in [0.15, 0.2) is 0 Å². The molecule has 0 bridgehead atoms. The maximum absolute atomic E-state index is 11.8. The van der Waals surface area contributed by atoms with Gasteiger partial charge in [0.05, 0.1) is 6.26 Å². The van der Waals surface area contributed by atoms with Crippen LogP contribution >= 0.6 is 0 Å². The molecule has 0 aromatic rings. The lowest BCUT2D eigenvalue weighted by Gasteiger charge is -2.22. The van der Waals surface area contributed by atoms with Crippen molar-refractivity contribution in [3.05, 3.63) is 0 Å². The average Bonchev–Trinajstić information content (AvgIpc) is 2.42. The molecule has 1 fully saturated rings. The first-order valence-electron chi connectivity index (χ1n) is 7.33. The standard InChI is InChI=1S/C13H26N2O5S/c1-3-19-12(9-15-21(2,17)18)10-20-13(16)8-11-4-6-14-7-5-11/h11-12,14-15H,3-10H2,1-2H3. The van der Waals surface area contributed by atoms with E-state index in [4.69, 9.17) is 9.47 Å². The van der Waals surface area contributed by atoms with E-state index in [-0.39, 0.29) is 19.1 Å². The average molecular weight is 322 g/mol. The molecule has 0 saturated carbocycles. The highest BCUT2D eigenvalue weighted by Gasteiger charge is 2.19. The zero-order chi connectivity index (χ0) is 15.7. The number of piperidine rings is 1. The number of carbonyl (C=O) groups excluding carboxylic acids is 1. The molecule has 1 saturated heterocycles. The van der Waals surface area contributed by atoms with Gasteiger partial charge in [-0.15, -0.1) is 0 Å². The Balaban J connectivity index is 2.28. The number of sulfonamides is 1. The van der Waals surface area contributed by atoms with Crippen molar-refractivity contribution in [3.8, 4) is 0 Å². The molecule has 124 valence electrons. The van der Waals surface area contributed by atoms with E-state index < -0.39 is 16.1 Å². The van der Waals surface area contributed by atoms with Gasteiger partial charge in [0, 0.05) is 19.6 Å². The summed E-state index contributed by atoms with van der Waals surface area (Å²) < 4.78 is 35.0. The van der Waals surface area contributed by atoms with Crippen molar-refractivity contribution >= 4 is 16.0 Å². The highest BCUT2D eigenvalue weighted by atomic mass is 32.2. The van der Waals surface area contributed by atoms with Gasteiger partial charge >= 0.3 is 5.97 Å². The highest BCUT2D eigenvalue weighted by molar-refractivity contribution is 7.88. The quantitative estimate of drug-likeness (QED) is 0.575. The molecule has 1 atom stereocenters. The summed E-state index contributed by atoms with van der Waals surface area (Å²) in [6.07, 6.45) is 3.01. The molecule has 1 unspecified atom stereocenters. The van der Waals surface area contributed by atoms with Crippen LogP contribution in [0.1, 0.15) is 26.2 Å². The summed E-state index contributed by atoms with van der Waals surface area (Å²) in [5.41, 5.74) is 0. The van der Waals surface area contributed by atoms with Crippen LogP contribution in [-0.4, -0.2) is 59.6 Å². The van der Waals surface area contributed by atoms with E-state index in [1.165, 1.54) is 0 Å². The second-order valence-corrected chi connectivity index (χ2v) is 7.11. The third-order valence-corrected chi connectivity index (χ3v) is 4.01. The van der Waals surface area contributed by atoms with Crippen LogP contribution in [0.2, 0.25) is 0 Å². The van der Waals surface area contributed by atoms with E-state index in [1.807, 2.05) is 6.92 Å². The van der Waals surface area contributed by atoms with Crippen molar-refractivity contribution in [2.75, 3.05) is 39.1 Å². The van der Waals surface area contributed by atoms with E-state index >= 15 is 0 Å². The molecule has 2 N–H and O–H groups in total. The second kappa shape index (κ2) is 9.34. The van der Waals surface area contributed by atoms with E-state index in [2.05, 4.69) is 10.0 Å². The largest absolute Gasteiger partial charge is 0.463 e. The number of carbonyl (C=O) groups is 1. The predicted octanol–water partition coefficient (Wildman–Crippen LogP) is -0.126. The van der Waals surface area contributed by atoms with E-state index in [0.717, 1.165) is 32.2 Å². The molecular formula is C13H26N2O5S. The molecule has 8 heteroatoms. The molecule has 0 spiro atoms. The third kappa shape index (κ3) is 9.02. The normalized spacial score (nSPS) is 18.4. The fourth-order valence-electron chi connectivity index (χ4n) is 2.21. The summed E-state index contributed by atoms with van der Waals surface area (Å²) in [4.78, 5) is 11.8. The van der Waals surface area contributed by atoms with Gasteiger partial charge in [0.1, 0.15) is 12.7 Å². The summed E-state index contributed by atoms with van der Waals surface area (Å²) >= 11 is 0. The second-order valence-electron chi connectivity index (χ2n) is 5.28. The van der Waals surface area contributed by atoms with Gasteiger partial charge in [0.15, 0.2) is 0 Å². The van der Waals surface area contributed by atoms with Crippen molar-refractivity contribution in [2.24, 2.45) is 5.92 Å². The third-order valence-electron chi connectivity index (χ3n) is 3.32. The van der Waals surface area contributed by atoms with Crippen molar-refractivity contribution in [3.63, 3.8) is 0 Å². The topological polar surface area (TPSA) is 93.7 Å². The minimum atomic E-state index is -3.28. The first-order chi connectivity index (χ1) is 9.90. The van der Waals surface area contributed by atoms with Gasteiger partial charge in [0.25, 0.3) is 0 Å². The minimum Gasteiger partial charge on any atom is -0.463 e. The van der Waals surface area contributed by atoms with E-state index in [9.17, 15) is 13.2 Å². The molecule has 1 aliphatic heterocycles. The number of hydrogen-bond donors (Lipinski definition) is 2. The van der Waals surface area contributed by atoms with Crippen LogP contribution in [0.25, 0.3) is 0 Å². The maximum Gasteiger partial charge on any atom is 0.306 e. The van der Waals surface area contributed by atoms with Crippen molar-refractivity contribution in [2.45, 2.75) is 32.3 Å². The van der Waals surface area contributed by atoms with Crippen LogP contribution in [0, 0.1) is 5.92 Å². The minimum absolute atomic E-state index is 0.0696. The summed E-state index contributed by atoms with van der Waals surface area (Å²) in [6.45, 7) is 4.30. The Morgan fingerprint density at radius 1 is 1.38 bits per heavy atom. The molecule has 0 amide bonds. The van der Waals surface area contributed by atoms with Crippen LogP contribution in [0.3, 0.4) is 0 Å². The summed E-state index contributed by atoms with van der Waals surface area (Å²) in [5, 5.41) is 3.25. The number of rotatable bonds is 9. The Morgan fingerprint density at radius 3 is 2.62 bits per heavy atom. The molecule has 21 heavy (non-hydrogen) atoms. The van der Waals surface area contributed by atoms with Crippen molar-refractivity contribution in [1.82, 2.24) is 10.0 Å². The molecule has 0 aromatic heterocycles. The SMILES string of the molecule is CCOC(CNS(C)(=O)=O)COC(=O)CC1CCNCC1. The van der Waals surface area contributed by atoms with Gasteiger partial charge in [0.2, 0.25) is 10.0 Å². The smallest absolute Gasteiger partial charge is 0.306 e. The fourth-order valence-corrected chi connectivity index (χ4v) is 2.70. The number of hydrogen-bond acceptors (Lipinski definition) is 6. The van der Waals surface area contributed by atoms with Crippen molar-refractivity contribution < 1.29 is 22.7 Å². The lowest BCUT2D eigenvalue weighted by Crippen LogP contribution is -2.36. The summed E-state index contributed by atoms with van der Waals surface area (Å²) in [5.74, 6) is 0.129. The Labute approximate surface area is 126 Å². The molecule has 0 aromatic carbocycles. The van der Waals surface area contributed by atoms with Gasteiger partial charge in [-0.05, 0) is 38.8 Å². The Bertz CT molecular complexity index is 407. The van der Waals surface area contributed by atoms with Gasteiger partial charge in [-0.3, -0.25) is 4.79 Å². The van der Waals surface area contributed by atoms with Crippen molar-refractivity contribution in [1.29, 1.82) is 0 Å². The van der Waals surface area contributed by atoms with Crippen LogP contribution < -0.4 is 10.0 Å². The lowest BCUT2D eigenvalue weighted by molar-refractivity contribution is -0.149. The van der Waals surface area contributed by atoms with Gasteiger partial charge in [-0.2, -0.15) is 0 Å². The zero-order valence-corrected chi connectivity index (χ0v) is 13.6. The Morgan fingerprint density at radius 2 is 2.05 bits per heavy atom. The molecule has 0 aliphatic carbocycles. The molecule has 1 rings (SSSR count). The van der Waals surface area contributed by atoms with Gasteiger partial charge < -0.3 is 14.8 Å². The summed E-state index contributed by atoms with van der Waals surface area (Å²) in [7, 11) is -3.28. The maximum atomic E-state index is 11.8. The molecule has 0 radical (unpaired) electrons. The van der Waals surface area contributed by atoms with E-state index in [1.54, 1.807) is 0 Å². The van der Waals surface area contributed by atoms with Crippen LogP contribution in [0.5, 0.6) is 0 Å². The molecular weight excluding hydrogens is 296 g/mol. The number of nitrogens with one attached hydrogen (secondary N) is 2. The lowest BCUT2D eigenvalue weighted by atomic mass is 9.95. The number of esters is 1. The van der Waals surface area contributed by atoms with Crippen LogP contribution in [0.4, 0.5) is 0 Å². The number of ether oxygens (including phenoxy) is 2. The van der Waals surface area contributed by atoms with Gasteiger partial charge in [-0.1, -0.05) is 0 Å². The van der Waals surface area contributed by atoms with E-state index in [0.29, 0.717) is 18.9 Å².